The number of urea groups is 1. The SMILES string of the molecule is CC(C)c1cccc(CNC(=O)N2CCC(C(=O)O)CC2)c1. The second kappa shape index (κ2) is 7.29. The fourth-order valence-electron chi connectivity index (χ4n) is 2.68. The van der Waals surface area contributed by atoms with Crippen LogP contribution >= 0.6 is 0 Å². The molecule has 1 saturated heterocycles. The average Bonchev–Trinajstić information content (AvgIpc) is 2.53. The maximum absolute atomic E-state index is 12.1. The first-order chi connectivity index (χ1) is 10.5. The molecule has 1 aliphatic heterocycles. The minimum atomic E-state index is -0.759. The Balaban J connectivity index is 1.83. The molecule has 1 aliphatic rings. The topological polar surface area (TPSA) is 69.6 Å². The molecule has 0 spiro atoms. The molecule has 22 heavy (non-hydrogen) atoms. The molecule has 2 N–H and O–H groups in total. The lowest BCUT2D eigenvalue weighted by Crippen LogP contribution is -2.45. The number of piperidine rings is 1. The molecular weight excluding hydrogens is 280 g/mol. The van der Waals surface area contributed by atoms with Crippen molar-refractivity contribution in [2.45, 2.75) is 39.2 Å². The smallest absolute Gasteiger partial charge is 0.317 e. The monoisotopic (exact) mass is 304 g/mol. The summed E-state index contributed by atoms with van der Waals surface area (Å²) in [6.07, 6.45) is 1.07. The largest absolute Gasteiger partial charge is 0.481 e. The lowest BCUT2D eigenvalue weighted by atomic mass is 9.97. The second-order valence-corrected chi connectivity index (χ2v) is 6.16. The van der Waals surface area contributed by atoms with Crippen molar-refractivity contribution in [2.75, 3.05) is 13.1 Å². The van der Waals surface area contributed by atoms with Gasteiger partial charge in [0.2, 0.25) is 0 Å². The molecule has 1 aromatic rings. The van der Waals surface area contributed by atoms with E-state index in [0.717, 1.165) is 5.56 Å². The predicted molar refractivity (Wildman–Crippen MR) is 84.7 cm³/mol. The zero-order chi connectivity index (χ0) is 16.1. The number of nitrogens with one attached hydrogen (secondary N) is 1. The fraction of sp³-hybridized carbons (Fsp3) is 0.529. The van der Waals surface area contributed by atoms with E-state index in [1.165, 1.54) is 5.56 Å². The van der Waals surface area contributed by atoms with Crippen LogP contribution in [0.1, 0.15) is 43.7 Å². The summed E-state index contributed by atoms with van der Waals surface area (Å²) in [6.45, 7) is 5.80. The zero-order valence-corrected chi connectivity index (χ0v) is 13.2. The predicted octanol–water partition coefficient (Wildman–Crippen LogP) is 2.82. The summed E-state index contributed by atoms with van der Waals surface area (Å²) in [7, 11) is 0. The van der Waals surface area contributed by atoms with Crippen LogP contribution in [-0.4, -0.2) is 35.1 Å². The number of carbonyl (C=O) groups excluding carboxylic acids is 1. The number of amides is 2. The van der Waals surface area contributed by atoms with Gasteiger partial charge < -0.3 is 15.3 Å². The molecule has 0 aromatic heterocycles. The van der Waals surface area contributed by atoms with Crippen molar-refractivity contribution in [3.8, 4) is 0 Å². The van der Waals surface area contributed by atoms with Gasteiger partial charge in [0.05, 0.1) is 5.92 Å². The molecular formula is C17H24N2O3. The third kappa shape index (κ3) is 4.23. The van der Waals surface area contributed by atoms with Gasteiger partial charge >= 0.3 is 12.0 Å². The van der Waals surface area contributed by atoms with Gasteiger partial charge in [-0.25, -0.2) is 4.79 Å². The third-order valence-corrected chi connectivity index (χ3v) is 4.19. The number of carboxylic acid groups (broad SMARTS) is 1. The van der Waals surface area contributed by atoms with Gasteiger partial charge in [-0.15, -0.1) is 0 Å². The standard InChI is InChI=1S/C17H24N2O3/c1-12(2)15-5-3-4-13(10-15)11-18-17(22)19-8-6-14(7-9-19)16(20)21/h3-5,10,12,14H,6-9,11H2,1-2H3,(H,18,22)(H,20,21). The highest BCUT2D eigenvalue weighted by Gasteiger charge is 2.26. The van der Waals surface area contributed by atoms with E-state index in [1.807, 2.05) is 12.1 Å². The number of carboxylic acids is 1. The van der Waals surface area contributed by atoms with E-state index in [-0.39, 0.29) is 11.9 Å². The number of hydrogen-bond donors (Lipinski definition) is 2. The summed E-state index contributed by atoms with van der Waals surface area (Å²) in [5, 5.41) is 11.9. The first-order valence-corrected chi connectivity index (χ1v) is 7.81. The van der Waals surface area contributed by atoms with Crippen LogP contribution in [0.5, 0.6) is 0 Å². The summed E-state index contributed by atoms with van der Waals surface area (Å²) in [5.41, 5.74) is 2.34. The van der Waals surface area contributed by atoms with Gasteiger partial charge in [0, 0.05) is 19.6 Å². The first-order valence-electron chi connectivity index (χ1n) is 7.81. The van der Waals surface area contributed by atoms with Crippen LogP contribution in [0.25, 0.3) is 0 Å². The Morgan fingerprint density at radius 3 is 2.59 bits per heavy atom. The molecule has 0 saturated carbocycles. The lowest BCUT2D eigenvalue weighted by Gasteiger charge is -2.30. The number of hydrogen-bond acceptors (Lipinski definition) is 2. The number of carbonyl (C=O) groups is 2. The highest BCUT2D eigenvalue weighted by molar-refractivity contribution is 5.75. The number of nitrogens with zero attached hydrogens (tertiary/aromatic N) is 1. The van der Waals surface area contributed by atoms with Crippen molar-refractivity contribution in [2.24, 2.45) is 5.92 Å². The van der Waals surface area contributed by atoms with Crippen molar-refractivity contribution in [3.63, 3.8) is 0 Å². The number of rotatable bonds is 4. The van der Waals surface area contributed by atoms with Crippen molar-refractivity contribution >= 4 is 12.0 Å². The Hall–Kier alpha value is -2.04. The Morgan fingerprint density at radius 2 is 2.00 bits per heavy atom. The quantitative estimate of drug-likeness (QED) is 0.898. The maximum Gasteiger partial charge on any atom is 0.317 e. The van der Waals surface area contributed by atoms with E-state index < -0.39 is 5.97 Å². The van der Waals surface area contributed by atoms with E-state index in [0.29, 0.717) is 38.4 Å². The van der Waals surface area contributed by atoms with E-state index in [9.17, 15) is 9.59 Å². The van der Waals surface area contributed by atoms with Crippen LogP contribution in [0.15, 0.2) is 24.3 Å². The third-order valence-electron chi connectivity index (χ3n) is 4.19. The van der Waals surface area contributed by atoms with Crippen molar-refractivity contribution in [1.29, 1.82) is 0 Å². The van der Waals surface area contributed by atoms with Crippen LogP contribution in [0.4, 0.5) is 4.79 Å². The van der Waals surface area contributed by atoms with Crippen LogP contribution in [-0.2, 0) is 11.3 Å². The Kier molecular flexibility index (Phi) is 5.41. The van der Waals surface area contributed by atoms with Crippen molar-refractivity contribution in [1.82, 2.24) is 10.2 Å². The molecule has 5 nitrogen and oxygen atoms in total. The first kappa shape index (κ1) is 16.3. The molecule has 0 atom stereocenters. The van der Waals surface area contributed by atoms with Gasteiger partial charge in [0.15, 0.2) is 0 Å². The molecule has 5 heteroatoms. The fourth-order valence-corrected chi connectivity index (χ4v) is 2.68. The summed E-state index contributed by atoms with van der Waals surface area (Å²) in [6, 6.07) is 8.10. The van der Waals surface area contributed by atoms with Crippen LogP contribution in [0.3, 0.4) is 0 Å². The Bertz CT molecular complexity index is 534. The van der Waals surface area contributed by atoms with E-state index in [2.05, 4.69) is 31.3 Å². The van der Waals surface area contributed by atoms with Crippen molar-refractivity contribution < 1.29 is 14.7 Å². The second-order valence-electron chi connectivity index (χ2n) is 6.16. The minimum absolute atomic E-state index is 0.112. The Labute approximate surface area is 131 Å². The summed E-state index contributed by atoms with van der Waals surface area (Å²) in [4.78, 5) is 24.7. The normalized spacial score (nSPS) is 15.9. The van der Waals surface area contributed by atoms with Gasteiger partial charge in [-0.1, -0.05) is 38.1 Å². The zero-order valence-electron chi connectivity index (χ0n) is 13.2. The van der Waals surface area contributed by atoms with Gasteiger partial charge in [-0.05, 0) is 29.9 Å². The van der Waals surface area contributed by atoms with Crippen LogP contribution in [0, 0.1) is 5.92 Å². The summed E-state index contributed by atoms with van der Waals surface area (Å²) < 4.78 is 0. The van der Waals surface area contributed by atoms with Gasteiger partial charge in [0.1, 0.15) is 0 Å². The molecule has 0 aliphatic carbocycles. The van der Waals surface area contributed by atoms with E-state index in [4.69, 9.17) is 5.11 Å². The molecule has 1 aromatic carbocycles. The Morgan fingerprint density at radius 1 is 1.32 bits per heavy atom. The lowest BCUT2D eigenvalue weighted by molar-refractivity contribution is -0.143. The molecule has 1 fully saturated rings. The maximum atomic E-state index is 12.1. The van der Waals surface area contributed by atoms with E-state index in [1.54, 1.807) is 4.90 Å². The highest BCUT2D eigenvalue weighted by atomic mass is 16.4. The molecule has 2 rings (SSSR count). The average molecular weight is 304 g/mol. The number of aliphatic carboxylic acids is 1. The summed E-state index contributed by atoms with van der Waals surface area (Å²) >= 11 is 0. The van der Waals surface area contributed by atoms with E-state index >= 15 is 0 Å². The molecule has 1 heterocycles. The molecule has 0 bridgehead atoms. The highest BCUT2D eigenvalue weighted by Crippen LogP contribution is 2.18. The van der Waals surface area contributed by atoms with Crippen molar-refractivity contribution in [3.05, 3.63) is 35.4 Å². The minimum Gasteiger partial charge on any atom is -0.481 e. The molecule has 120 valence electrons. The molecule has 0 radical (unpaired) electrons. The number of likely N-dealkylation sites (tertiary alicyclic amines) is 1. The molecule has 0 unspecified atom stereocenters. The summed E-state index contributed by atoms with van der Waals surface area (Å²) in [5.74, 6) is -0.608. The van der Waals surface area contributed by atoms with Crippen LogP contribution in [0.2, 0.25) is 0 Å². The van der Waals surface area contributed by atoms with Gasteiger partial charge in [-0.3, -0.25) is 4.79 Å². The van der Waals surface area contributed by atoms with Gasteiger partial charge in [0.25, 0.3) is 0 Å². The number of benzene rings is 1. The van der Waals surface area contributed by atoms with Crippen LogP contribution < -0.4 is 5.32 Å². The molecule has 2 amide bonds. The van der Waals surface area contributed by atoms with Gasteiger partial charge in [-0.2, -0.15) is 0 Å².